The first kappa shape index (κ1) is 30.0. The molecule has 0 aromatic heterocycles. The van der Waals surface area contributed by atoms with Gasteiger partial charge in [-0.3, -0.25) is 14.4 Å². The summed E-state index contributed by atoms with van der Waals surface area (Å²) in [6, 6.07) is 7.76. The third kappa shape index (κ3) is 6.83. The average molecular weight is 556 g/mol. The fourth-order valence-electron chi connectivity index (χ4n) is 5.42. The third-order valence-electron chi connectivity index (χ3n) is 7.95. The Morgan fingerprint density at radius 3 is 2.50 bits per heavy atom. The SMILES string of the molecule is CCC[C@H](NC(=O)[C@@H]1C[C@]2(CC(c3ccccc3)=NO2)CN1C(=O)[C@@H](N)C(C)(C)C)C(OCC)C(=O)NC1CC1. The Morgan fingerprint density at radius 1 is 1.20 bits per heavy atom. The van der Waals surface area contributed by atoms with Crippen LogP contribution in [0, 0.1) is 5.41 Å². The van der Waals surface area contributed by atoms with Crippen LogP contribution in [0.5, 0.6) is 0 Å². The number of oxime groups is 1. The highest BCUT2D eigenvalue weighted by molar-refractivity contribution is 6.02. The van der Waals surface area contributed by atoms with E-state index in [0.29, 0.717) is 19.4 Å². The van der Waals surface area contributed by atoms with Crippen LogP contribution in [-0.4, -0.2) is 77.4 Å². The standard InChI is InChI=1S/C30H45N5O5/c1-6-11-21(24(39-7-2)27(37)32-20-14-15-20)33-26(36)23-17-30(18-35(23)28(38)25(31)29(3,4)5)16-22(34-40-30)19-12-9-8-10-13-19/h8-10,12-13,20-21,23-25H,6-7,11,14-18,31H2,1-5H3,(H,32,37)(H,33,36)/t21-,23-,24?,25+,30+/m0/s1. The Bertz CT molecular complexity index is 1100. The molecule has 2 aliphatic heterocycles. The molecule has 5 atom stereocenters. The van der Waals surface area contributed by atoms with E-state index in [1.807, 2.05) is 65.0 Å². The maximum atomic E-state index is 13.9. The monoisotopic (exact) mass is 555 g/mol. The number of nitrogens with one attached hydrogen (secondary N) is 2. The molecular weight excluding hydrogens is 510 g/mol. The Morgan fingerprint density at radius 2 is 1.90 bits per heavy atom. The largest absolute Gasteiger partial charge is 0.387 e. The Hall–Kier alpha value is -2.98. The van der Waals surface area contributed by atoms with E-state index in [9.17, 15) is 14.4 Å². The lowest BCUT2D eigenvalue weighted by atomic mass is 9.86. The van der Waals surface area contributed by atoms with Crippen molar-refractivity contribution in [2.75, 3.05) is 13.2 Å². The minimum Gasteiger partial charge on any atom is -0.387 e. The minimum atomic E-state index is -0.830. The minimum absolute atomic E-state index is 0.174. The first-order valence-electron chi connectivity index (χ1n) is 14.6. The predicted octanol–water partition coefficient (Wildman–Crippen LogP) is 2.49. The van der Waals surface area contributed by atoms with Gasteiger partial charge >= 0.3 is 0 Å². The molecule has 4 rings (SSSR count). The molecule has 220 valence electrons. The van der Waals surface area contributed by atoms with E-state index in [1.54, 1.807) is 4.90 Å². The van der Waals surface area contributed by atoms with E-state index in [4.69, 9.17) is 15.3 Å². The lowest BCUT2D eigenvalue weighted by Crippen LogP contribution is -2.58. The predicted molar refractivity (Wildman–Crippen MR) is 152 cm³/mol. The number of benzene rings is 1. The van der Waals surface area contributed by atoms with Gasteiger partial charge in [-0.25, -0.2) is 0 Å². The molecule has 1 aromatic rings. The molecular formula is C30H45N5O5. The van der Waals surface area contributed by atoms with Crippen molar-refractivity contribution in [1.29, 1.82) is 0 Å². The zero-order valence-corrected chi connectivity index (χ0v) is 24.4. The number of likely N-dealkylation sites (tertiary alicyclic amines) is 1. The van der Waals surface area contributed by atoms with E-state index in [2.05, 4.69) is 15.8 Å². The molecule has 1 spiro atoms. The number of ether oxygens (including phenoxy) is 1. The number of nitrogens with two attached hydrogens (primary N) is 1. The van der Waals surface area contributed by atoms with Crippen molar-refractivity contribution in [2.24, 2.45) is 16.3 Å². The van der Waals surface area contributed by atoms with Gasteiger partial charge in [0.2, 0.25) is 11.8 Å². The normalized spacial score (nSPS) is 24.7. The lowest BCUT2D eigenvalue weighted by molar-refractivity contribution is -0.143. The van der Waals surface area contributed by atoms with Crippen molar-refractivity contribution in [1.82, 2.24) is 15.5 Å². The smallest absolute Gasteiger partial charge is 0.251 e. The zero-order valence-electron chi connectivity index (χ0n) is 24.4. The summed E-state index contributed by atoms with van der Waals surface area (Å²) in [4.78, 5) is 48.3. The van der Waals surface area contributed by atoms with Crippen LogP contribution in [0.1, 0.15) is 78.7 Å². The topological polar surface area (TPSA) is 135 Å². The molecule has 40 heavy (non-hydrogen) atoms. The first-order valence-corrected chi connectivity index (χ1v) is 14.6. The van der Waals surface area contributed by atoms with E-state index in [1.165, 1.54) is 0 Å². The zero-order chi connectivity index (χ0) is 29.1. The summed E-state index contributed by atoms with van der Waals surface area (Å²) >= 11 is 0. The van der Waals surface area contributed by atoms with E-state index < -0.39 is 35.2 Å². The highest BCUT2D eigenvalue weighted by Gasteiger charge is 2.55. The van der Waals surface area contributed by atoms with Gasteiger partial charge in [-0.15, -0.1) is 0 Å². The number of rotatable bonds is 11. The van der Waals surface area contributed by atoms with Gasteiger partial charge in [0.25, 0.3) is 5.91 Å². The summed E-state index contributed by atoms with van der Waals surface area (Å²) in [5, 5.41) is 10.5. The second kappa shape index (κ2) is 12.3. The molecule has 1 saturated heterocycles. The van der Waals surface area contributed by atoms with Crippen LogP contribution in [0.3, 0.4) is 0 Å². The maximum Gasteiger partial charge on any atom is 0.251 e. The number of hydrogen-bond donors (Lipinski definition) is 3. The van der Waals surface area contributed by atoms with Crippen LogP contribution in [0.25, 0.3) is 0 Å². The first-order chi connectivity index (χ1) is 19.0. The summed E-state index contributed by atoms with van der Waals surface area (Å²) < 4.78 is 5.85. The van der Waals surface area contributed by atoms with Crippen molar-refractivity contribution in [2.45, 2.75) is 109 Å². The molecule has 4 N–H and O–H groups in total. The highest BCUT2D eigenvalue weighted by atomic mass is 16.7. The fraction of sp³-hybridized carbons (Fsp3) is 0.667. The van der Waals surface area contributed by atoms with Gasteiger partial charge in [-0.2, -0.15) is 0 Å². The van der Waals surface area contributed by atoms with Crippen LogP contribution in [0.15, 0.2) is 35.5 Å². The van der Waals surface area contributed by atoms with Gasteiger partial charge in [-0.05, 0) is 37.2 Å². The van der Waals surface area contributed by atoms with Crippen molar-refractivity contribution < 1.29 is 24.0 Å². The van der Waals surface area contributed by atoms with Crippen LogP contribution in [0.2, 0.25) is 0 Å². The van der Waals surface area contributed by atoms with E-state index >= 15 is 0 Å². The van der Waals surface area contributed by atoms with Gasteiger partial charge in [0, 0.05) is 25.5 Å². The average Bonchev–Trinajstić information content (AvgIpc) is 3.51. The molecule has 3 amide bonds. The molecule has 10 heteroatoms. The summed E-state index contributed by atoms with van der Waals surface area (Å²) in [5.41, 5.74) is 6.81. The molecule has 1 aliphatic carbocycles. The number of carbonyl (C=O) groups is 3. The van der Waals surface area contributed by atoms with Gasteiger partial charge in [0.15, 0.2) is 11.7 Å². The molecule has 10 nitrogen and oxygen atoms in total. The molecule has 1 aromatic carbocycles. The van der Waals surface area contributed by atoms with E-state index in [0.717, 1.165) is 30.5 Å². The van der Waals surface area contributed by atoms with E-state index in [-0.39, 0.29) is 36.7 Å². The lowest BCUT2D eigenvalue weighted by Gasteiger charge is -2.34. The summed E-state index contributed by atoms with van der Waals surface area (Å²) in [5.74, 6) is -0.861. The van der Waals surface area contributed by atoms with Crippen molar-refractivity contribution in [3.05, 3.63) is 35.9 Å². The van der Waals surface area contributed by atoms with Gasteiger partial charge in [-0.1, -0.05) is 69.6 Å². The van der Waals surface area contributed by atoms with Crippen LogP contribution < -0.4 is 16.4 Å². The van der Waals surface area contributed by atoms with Crippen molar-refractivity contribution >= 4 is 23.4 Å². The Labute approximate surface area is 237 Å². The number of nitrogens with zero attached hydrogens (tertiary/aromatic N) is 2. The van der Waals surface area contributed by atoms with Crippen LogP contribution >= 0.6 is 0 Å². The highest BCUT2D eigenvalue weighted by Crippen LogP contribution is 2.40. The molecule has 2 heterocycles. The molecule has 0 radical (unpaired) electrons. The molecule has 3 aliphatic rings. The van der Waals surface area contributed by atoms with Gasteiger partial charge in [0.1, 0.15) is 6.04 Å². The third-order valence-corrected chi connectivity index (χ3v) is 7.95. The molecule has 2 fully saturated rings. The van der Waals surface area contributed by atoms with Crippen LogP contribution in [-0.2, 0) is 24.0 Å². The molecule has 1 saturated carbocycles. The second-order valence-corrected chi connectivity index (χ2v) is 12.4. The number of amides is 3. The summed E-state index contributed by atoms with van der Waals surface area (Å²) in [6.45, 7) is 10.1. The quantitative estimate of drug-likeness (QED) is 0.384. The van der Waals surface area contributed by atoms with Crippen LogP contribution in [0.4, 0.5) is 0 Å². The second-order valence-electron chi connectivity index (χ2n) is 12.4. The van der Waals surface area contributed by atoms with Crippen molar-refractivity contribution in [3.8, 4) is 0 Å². The molecule has 0 bridgehead atoms. The Kier molecular flexibility index (Phi) is 9.19. The van der Waals surface area contributed by atoms with Gasteiger partial charge < -0.3 is 30.8 Å². The fourth-order valence-corrected chi connectivity index (χ4v) is 5.42. The number of hydrogen-bond acceptors (Lipinski definition) is 7. The molecule has 1 unspecified atom stereocenters. The summed E-state index contributed by atoms with van der Waals surface area (Å²) in [7, 11) is 0. The maximum absolute atomic E-state index is 13.9. The van der Waals surface area contributed by atoms with Crippen molar-refractivity contribution in [3.63, 3.8) is 0 Å². The number of carbonyl (C=O) groups excluding carboxylic acids is 3. The Balaban J connectivity index is 1.56. The van der Waals surface area contributed by atoms with Gasteiger partial charge in [0.05, 0.1) is 24.3 Å². The summed E-state index contributed by atoms with van der Waals surface area (Å²) in [6.07, 6.45) is 3.14.